The zero-order chi connectivity index (χ0) is 21.0. The average molecular weight is 403 g/mol. The Balaban J connectivity index is 1.74. The first kappa shape index (κ1) is 20.2. The van der Waals surface area contributed by atoms with Crippen LogP contribution in [0.2, 0.25) is 0 Å². The van der Waals surface area contributed by atoms with Gasteiger partial charge in [-0.1, -0.05) is 0 Å². The van der Waals surface area contributed by atoms with Crippen molar-refractivity contribution in [2.24, 2.45) is 0 Å². The van der Waals surface area contributed by atoms with Crippen molar-refractivity contribution in [1.29, 1.82) is 0 Å². The minimum atomic E-state index is -1.11. The highest BCUT2D eigenvalue weighted by molar-refractivity contribution is 6.01. The normalized spacial score (nSPS) is 16.2. The molecular weight excluding hydrogens is 384 g/mol. The van der Waals surface area contributed by atoms with E-state index in [1.165, 1.54) is 7.11 Å². The maximum atomic E-state index is 14.0. The van der Waals surface area contributed by atoms with Crippen LogP contribution in [-0.2, 0) is 9.59 Å². The molecule has 1 aliphatic heterocycles. The Labute approximate surface area is 165 Å². The summed E-state index contributed by atoms with van der Waals surface area (Å²) in [6, 6.07) is 8.07. The van der Waals surface area contributed by atoms with Crippen LogP contribution in [0.4, 0.5) is 14.5 Å². The quantitative estimate of drug-likeness (QED) is 0.799. The van der Waals surface area contributed by atoms with E-state index in [4.69, 9.17) is 4.74 Å². The van der Waals surface area contributed by atoms with Crippen molar-refractivity contribution < 1.29 is 27.9 Å². The molecule has 3 rings (SSSR count). The Morgan fingerprint density at radius 3 is 2.59 bits per heavy atom. The molecule has 0 radical (unpaired) electrons. The van der Waals surface area contributed by atoms with Gasteiger partial charge in [0.15, 0.2) is 0 Å². The molecule has 1 unspecified atom stereocenters. The second-order valence-electron chi connectivity index (χ2n) is 6.41. The number of ether oxygens (including phenoxy) is 1. The molecule has 1 aliphatic rings. The highest BCUT2D eigenvalue weighted by Crippen LogP contribution is 2.19. The number of nitrogens with one attached hydrogen (secondary N) is 2. The van der Waals surface area contributed by atoms with Crippen LogP contribution >= 0.6 is 0 Å². The molecule has 1 heterocycles. The molecule has 1 atom stereocenters. The molecule has 9 heteroatoms. The Bertz CT molecular complexity index is 934. The number of rotatable bonds is 5. The molecule has 0 bridgehead atoms. The second kappa shape index (κ2) is 8.68. The van der Waals surface area contributed by atoms with Gasteiger partial charge in [-0.3, -0.25) is 14.4 Å². The van der Waals surface area contributed by atoms with Gasteiger partial charge < -0.3 is 20.3 Å². The Hall–Kier alpha value is -3.49. The molecule has 1 fully saturated rings. The Morgan fingerprint density at radius 2 is 1.93 bits per heavy atom. The van der Waals surface area contributed by atoms with E-state index in [1.807, 2.05) is 0 Å². The van der Waals surface area contributed by atoms with Gasteiger partial charge >= 0.3 is 0 Å². The lowest BCUT2D eigenvalue weighted by atomic mass is 10.1. The summed E-state index contributed by atoms with van der Waals surface area (Å²) < 4.78 is 32.2. The Kier molecular flexibility index (Phi) is 6.06. The molecule has 7 nitrogen and oxygen atoms in total. The molecule has 3 amide bonds. The zero-order valence-electron chi connectivity index (χ0n) is 15.6. The number of carbonyl (C=O) groups excluding carboxylic acids is 3. The number of carbonyl (C=O) groups is 3. The van der Waals surface area contributed by atoms with Gasteiger partial charge in [-0.2, -0.15) is 0 Å². The molecule has 2 N–H and O–H groups in total. The van der Waals surface area contributed by atoms with E-state index in [0.717, 1.165) is 17.0 Å². The lowest BCUT2D eigenvalue weighted by Crippen LogP contribution is -2.58. The van der Waals surface area contributed by atoms with E-state index >= 15 is 0 Å². The third kappa shape index (κ3) is 4.68. The summed E-state index contributed by atoms with van der Waals surface area (Å²) in [6.07, 6.45) is -0.313. The molecule has 2 aromatic rings. The monoisotopic (exact) mass is 403 g/mol. The smallest absolute Gasteiger partial charge is 0.257 e. The molecule has 29 heavy (non-hydrogen) atoms. The van der Waals surface area contributed by atoms with Crippen LogP contribution < -0.4 is 15.4 Å². The summed E-state index contributed by atoms with van der Waals surface area (Å²) in [7, 11) is 1.52. The number of amides is 3. The zero-order valence-corrected chi connectivity index (χ0v) is 15.6. The van der Waals surface area contributed by atoms with Crippen LogP contribution in [0.3, 0.4) is 0 Å². The van der Waals surface area contributed by atoms with Gasteiger partial charge in [0, 0.05) is 24.8 Å². The number of methoxy groups -OCH3 is 1. The first-order valence-electron chi connectivity index (χ1n) is 8.86. The number of hydrogen-bond donors (Lipinski definition) is 2. The minimum absolute atomic E-state index is 0.0991. The predicted octanol–water partition coefficient (Wildman–Crippen LogP) is 1.94. The fourth-order valence-electron chi connectivity index (χ4n) is 3.04. The molecule has 0 aliphatic carbocycles. The molecular formula is C20H19F2N3O4. The summed E-state index contributed by atoms with van der Waals surface area (Å²) in [6.45, 7) is 0.270. The van der Waals surface area contributed by atoms with Crippen molar-refractivity contribution in [3.8, 4) is 5.75 Å². The van der Waals surface area contributed by atoms with Gasteiger partial charge in [-0.05, 0) is 36.4 Å². The third-order valence-corrected chi connectivity index (χ3v) is 4.51. The highest BCUT2D eigenvalue weighted by Gasteiger charge is 2.36. The lowest BCUT2D eigenvalue weighted by Gasteiger charge is -2.34. The first-order valence-corrected chi connectivity index (χ1v) is 8.86. The van der Waals surface area contributed by atoms with Crippen LogP contribution in [0.15, 0.2) is 42.5 Å². The average Bonchev–Trinajstić information content (AvgIpc) is 2.69. The summed E-state index contributed by atoms with van der Waals surface area (Å²) in [5.41, 5.74) is 0.135. The Morgan fingerprint density at radius 1 is 1.21 bits per heavy atom. The van der Waals surface area contributed by atoms with Crippen molar-refractivity contribution in [2.45, 2.75) is 12.5 Å². The van der Waals surface area contributed by atoms with Gasteiger partial charge in [0.05, 0.1) is 19.1 Å². The second-order valence-corrected chi connectivity index (χ2v) is 6.41. The van der Waals surface area contributed by atoms with Crippen molar-refractivity contribution >= 4 is 23.4 Å². The van der Waals surface area contributed by atoms with Gasteiger partial charge in [-0.25, -0.2) is 8.78 Å². The summed E-state index contributed by atoms with van der Waals surface area (Å²) in [4.78, 5) is 38.6. The van der Waals surface area contributed by atoms with E-state index in [2.05, 4.69) is 10.6 Å². The maximum absolute atomic E-state index is 14.0. The largest absolute Gasteiger partial charge is 0.497 e. The maximum Gasteiger partial charge on any atom is 0.257 e. The number of benzene rings is 2. The van der Waals surface area contributed by atoms with Gasteiger partial charge in [0.25, 0.3) is 5.91 Å². The number of hydrogen-bond acceptors (Lipinski definition) is 4. The van der Waals surface area contributed by atoms with E-state index in [0.29, 0.717) is 17.5 Å². The van der Waals surface area contributed by atoms with E-state index in [1.54, 1.807) is 24.3 Å². The fourth-order valence-corrected chi connectivity index (χ4v) is 3.04. The van der Waals surface area contributed by atoms with Crippen LogP contribution in [0.5, 0.6) is 5.75 Å². The van der Waals surface area contributed by atoms with E-state index < -0.39 is 35.4 Å². The number of nitrogens with zero attached hydrogens (tertiary/aromatic N) is 1. The fraction of sp³-hybridized carbons (Fsp3) is 0.250. The van der Waals surface area contributed by atoms with Gasteiger partial charge in [0.2, 0.25) is 11.8 Å². The third-order valence-electron chi connectivity index (χ3n) is 4.51. The molecule has 2 aromatic carbocycles. The minimum Gasteiger partial charge on any atom is -0.497 e. The van der Waals surface area contributed by atoms with Crippen LogP contribution in [0.25, 0.3) is 0 Å². The van der Waals surface area contributed by atoms with E-state index in [-0.39, 0.29) is 25.1 Å². The van der Waals surface area contributed by atoms with Crippen LogP contribution in [-0.4, -0.2) is 48.9 Å². The molecule has 0 saturated carbocycles. The molecule has 1 saturated heterocycles. The number of halogens is 2. The standard InChI is InChI=1S/C20H19F2N3O4/c1-29-14-5-3-13(4-6-14)24-18(26)11-17-19(27)23-8-9-25(17)20(28)15-7-2-12(21)10-16(15)22/h2-7,10,17H,8-9,11H2,1H3,(H,23,27)(H,24,26). The highest BCUT2D eigenvalue weighted by atomic mass is 19.1. The van der Waals surface area contributed by atoms with Crippen molar-refractivity contribution in [1.82, 2.24) is 10.2 Å². The molecule has 152 valence electrons. The van der Waals surface area contributed by atoms with Crippen LogP contribution in [0.1, 0.15) is 16.8 Å². The van der Waals surface area contributed by atoms with E-state index in [9.17, 15) is 23.2 Å². The summed E-state index contributed by atoms with van der Waals surface area (Å²) in [5.74, 6) is -3.01. The van der Waals surface area contributed by atoms with Gasteiger partial charge in [-0.15, -0.1) is 0 Å². The topological polar surface area (TPSA) is 87.7 Å². The predicted molar refractivity (Wildman–Crippen MR) is 100 cm³/mol. The molecule has 0 aromatic heterocycles. The first-order chi connectivity index (χ1) is 13.9. The van der Waals surface area contributed by atoms with Crippen molar-refractivity contribution in [3.05, 3.63) is 59.7 Å². The van der Waals surface area contributed by atoms with Crippen LogP contribution in [0, 0.1) is 11.6 Å². The van der Waals surface area contributed by atoms with Crippen molar-refractivity contribution in [3.63, 3.8) is 0 Å². The summed E-state index contributed by atoms with van der Waals surface area (Å²) in [5, 5.41) is 5.24. The van der Waals surface area contributed by atoms with Gasteiger partial charge in [0.1, 0.15) is 23.4 Å². The SMILES string of the molecule is COc1ccc(NC(=O)CC2C(=O)NCCN2C(=O)c2ccc(F)cc2F)cc1. The number of piperazine rings is 1. The van der Waals surface area contributed by atoms with Crippen molar-refractivity contribution in [2.75, 3.05) is 25.5 Å². The lowest BCUT2D eigenvalue weighted by molar-refractivity contribution is -0.131. The summed E-state index contributed by atoms with van der Waals surface area (Å²) >= 11 is 0. The number of anilines is 1. The molecule has 0 spiro atoms.